The number of nitrogens with zero attached hydrogens (tertiary/aromatic N) is 2. The number of carbonyl (C=O) groups is 2. The second kappa shape index (κ2) is 13.5. The molecule has 7 heteroatoms. The summed E-state index contributed by atoms with van der Waals surface area (Å²) in [5.74, 6) is 0.788. The number of anilines is 1. The molecule has 3 rings (SSSR count). The third kappa shape index (κ3) is 8.14. The molecular weight excluding hydrogens is 458 g/mol. The quantitative estimate of drug-likeness (QED) is 0.324. The number of para-hydroxylation sites is 2. The van der Waals surface area contributed by atoms with E-state index >= 15 is 0 Å². The molecule has 0 aliphatic heterocycles. The van der Waals surface area contributed by atoms with E-state index in [-0.39, 0.29) is 24.4 Å². The zero-order chi connectivity index (χ0) is 25.0. The summed E-state index contributed by atoms with van der Waals surface area (Å²) < 4.78 is 5.66. The molecule has 35 heavy (non-hydrogen) atoms. The van der Waals surface area contributed by atoms with Crippen LogP contribution in [-0.4, -0.2) is 41.4 Å². The minimum atomic E-state index is -0.304. The lowest BCUT2D eigenvalue weighted by atomic mass is 10.1. The van der Waals surface area contributed by atoms with Gasteiger partial charge in [0.15, 0.2) is 0 Å². The Bertz CT molecular complexity index is 1060. The van der Waals surface area contributed by atoms with Crippen LogP contribution in [0.4, 0.5) is 10.5 Å². The van der Waals surface area contributed by atoms with Crippen LogP contribution in [0.25, 0.3) is 0 Å². The van der Waals surface area contributed by atoms with Gasteiger partial charge in [-0.2, -0.15) is 0 Å². The maximum absolute atomic E-state index is 13.6. The van der Waals surface area contributed by atoms with Crippen molar-refractivity contribution >= 4 is 29.0 Å². The number of carbonyl (C=O) groups excluding carboxylic acids is 2. The molecule has 6 nitrogen and oxygen atoms in total. The molecule has 0 bridgehead atoms. The SMILES string of the molecule is CCOc1ccccc1NC(=O)N(CC(=O)N(Cc1ccccc1)Cc1cccs1)CC(C)CC. The molecule has 186 valence electrons. The summed E-state index contributed by atoms with van der Waals surface area (Å²) in [4.78, 5) is 31.5. The molecule has 1 unspecified atom stereocenters. The summed E-state index contributed by atoms with van der Waals surface area (Å²) in [7, 11) is 0. The Balaban J connectivity index is 1.78. The summed E-state index contributed by atoms with van der Waals surface area (Å²) in [5.41, 5.74) is 1.65. The molecule has 0 saturated heterocycles. The first kappa shape index (κ1) is 26.3. The number of ether oxygens (including phenoxy) is 1. The molecule has 0 aliphatic rings. The van der Waals surface area contributed by atoms with Crippen molar-refractivity contribution in [2.45, 2.75) is 40.3 Å². The fourth-order valence-corrected chi connectivity index (χ4v) is 4.38. The molecule has 1 aromatic heterocycles. The minimum absolute atomic E-state index is 0.00514. The van der Waals surface area contributed by atoms with E-state index < -0.39 is 0 Å². The monoisotopic (exact) mass is 493 g/mol. The molecule has 3 amide bonds. The van der Waals surface area contributed by atoms with E-state index in [1.807, 2.05) is 83.9 Å². The van der Waals surface area contributed by atoms with Gasteiger partial charge in [0, 0.05) is 18.0 Å². The Hall–Kier alpha value is -3.32. The van der Waals surface area contributed by atoms with Crippen LogP contribution in [0.2, 0.25) is 0 Å². The Morgan fingerprint density at radius 1 is 0.943 bits per heavy atom. The van der Waals surface area contributed by atoms with Crippen molar-refractivity contribution in [2.24, 2.45) is 5.92 Å². The highest BCUT2D eigenvalue weighted by molar-refractivity contribution is 7.09. The van der Waals surface area contributed by atoms with Crippen LogP contribution in [0.3, 0.4) is 0 Å². The zero-order valence-corrected chi connectivity index (χ0v) is 21.6. The standard InChI is InChI=1S/C28H35N3O3S/c1-4-22(3)18-31(28(33)29-25-15-9-10-16-26(25)34-5-2)21-27(32)30(20-24-14-11-17-35-24)19-23-12-7-6-8-13-23/h6-17,22H,4-5,18-21H2,1-3H3,(H,29,33). The van der Waals surface area contributed by atoms with Gasteiger partial charge in [0.1, 0.15) is 12.3 Å². The van der Waals surface area contributed by atoms with Crippen molar-refractivity contribution in [3.63, 3.8) is 0 Å². The first-order chi connectivity index (χ1) is 17.0. The predicted octanol–water partition coefficient (Wildman–Crippen LogP) is 6.26. The number of nitrogens with one attached hydrogen (secondary N) is 1. The maximum Gasteiger partial charge on any atom is 0.322 e. The number of hydrogen-bond donors (Lipinski definition) is 1. The fraction of sp³-hybridized carbons (Fsp3) is 0.357. The van der Waals surface area contributed by atoms with Gasteiger partial charge in [-0.05, 0) is 42.0 Å². The Kier molecular flexibility index (Phi) is 10.2. The molecule has 0 fully saturated rings. The molecule has 0 spiro atoms. The lowest BCUT2D eigenvalue weighted by molar-refractivity contribution is -0.133. The highest BCUT2D eigenvalue weighted by atomic mass is 32.1. The van der Waals surface area contributed by atoms with Gasteiger partial charge in [0.2, 0.25) is 5.91 Å². The average Bonchev–Trinajstić information content (AvgIpc) is 3.38. The second-order valence-corrected chi connectivity index (χ2v) is 9.60. The number of rotatable bonds is 12. The first-order valence-corrected chi connectivity index (χ1v) is 13.0. The van der Waals surface area contributed by atoms with Crippen LogP contribution in [0.5, 0.6) is 5.75 Å². The minimum Gasteiger partial charge on any atom is -0.492 e. The summed E-state index contributed by atoms with van der Waals surface area (Å²) in [6.45, 7) is 8.08. The molecule has 0 radical (unpaired) electrons. The van der Waals surface area contributed by atoms with E-state index in [0.717, 1.165) is 16.9 Å². The van der Waals surface area contributed by atoms with Crippen molar-refractivity contribution in [1.29, 1.82) is 0 Å². The van der Waals surface area contributed by atoms with Gasteiger partial charge in [-0.15, -0.1) is 11.3 Å². The number of thiophene rings is 1. The van der Waals surface area contributed by atoms with E-state index in [4.69, 9.17) is 4.74 Å². The largest absolute Gasteiger partial charge is 0.492 e. The summed E-state index contributed by atoms with van der Waals surface area (Å²) >= 11 is 1.63. The third-order valence-corrected chi connectivity index (χ3v) is 6.63. The van der Waals surface area contributed by atoms with Crippen LogP contribution in [0, 0.1) is 5.92 Å². The van der Waals surface area contributed by atoms with Gasteiger partial charge in [-0.3, -0.25) is 4.79 Å². The Labute approximate surface area is 212 Å². The first-order valence-electron chi connectivity index (χ1n) is 12.1. The van der Waals surface area contributed by atoms with E-state index in [9.17, 15) is 9.59 Å². The molecule has 3 aromatic rings. The summed E-state index contributed by atoms with van der Waals surface area (Å²) in [6.07, 6.45) is 0.913. The normalized spacial score (nSPS) is 11.5. The van der Waals surface area contributed by atoms with Gasteiger partial charge in [0.25, 0.3) is 0 Å². The highest BCUT2D eigenvalue weighted by Gasteiger charge is 2.24. The van der Waals surface area contributed by atoms with Crippen molar-refractivity contribution < 1.29 is 14.3 Å². The van der Waals surface area contributed by atoms with Gasteiger partial charge in [-0.25, -0.2) is 4.79 Å². The van der Waals surface area contributed by atoms with Crippen LogP contribution in [0.1, 0.15) is 37.6 Å². The number of benzene rings is 2. The van der Waals surface area contributed by atoms with Crippen LogP contribution < -0.4 is 10.1 Å². The molecular formula is C28H35N3O3S. The molecule has 1 heterocycles. The Morgan fingerprint density at radius 2 is 1.69 bits per heavy atom. The van der Waals surface area contributed by atoms with Gasteiger partial charge in [0.05, 0.1) is 18.8 Å². The van der Waals surface area contributed by atoms with Gasteiger partial charge < -0.3 is 19.9 Å². The molecule has 1 N–H and O–H groups in total. The molecule has 0 saturated carbocycles. The van der Waals surface area contributed by atoms with E-state index in [0.29, 0.717) is 37.7 Å². The van der Waals surface area contributed by atoms with Crippen LogP contribution in [0.15, 0.2) is 72.1 Å². The molecule has 2 aromatic carbocycles. The van der Waals surface area contributed by atoms with Crippen LogP contribution in [-0.2, 0) is 17.9 Å². The van der Waals surface area contributed by atoms with Crippen molar-refractivity contribution in [3.8, 4) is 5.75 Å². The summed E-state index contributed by atoms with van der Waals surface area (Å²) in [5, 5.41) is 4.97. The van der Waals surface area contributed by atoms with Crippen molar-refractivity contribution in [1.82, 2.24) is 9.80 Å². The number of urea groups is 1. The number of amides is 3. The smallest absolute Gasteiger partial charge is 0.322 e. The van der Waals surface area contributed by atoms with Gasteiger partial charge >= 0.3 is 6.03 Å². The fourth-order valence-electron chi connectivity index (χ4n) is 3.66. The highest BCUT2D eigenvalue weighted by Crippen LogP contribution is 2.24. The van der Waals surface area contributed by atoms with E-state index in [2.05, 4.69) is 19.2 Å². The predicted molar refractivity (Wildman–Crippen MR) is 143 cm³/mol. The zero-order valence-electron chi connectivity index (χ0n) is 20.8. The number of hydrogen-bond acceptors (Lipinski definition) is 4. The van der Waals surface area contributed by atoms with E-state index in [1.54, 1.807) is 16.2 Å². The topological polar surface area (TPSA) is 61.9 Å². The van der Waals surface area contributed by atoms with Gasteiger partial charge in [-0.1, -0.05) is 68.8 Å². The molecule has 1 atom stereocenters. The lowest BCUT2D eigenvalue weighted by Crippen LogP contribution is -2.45. The second-order valence-electron chi connectivity index (χ2n) is 8.57. The maximum atomic E-state index is 13.6. The third-order valence-electron chi connectivity index (χ3n) is 5.77. The lowest BCUT2D eigenvalue weighted by Gasteiger charge is -2.29. The Morgan fingerprint density at radius 3 is 2.37 bits per heavy atom. The molecule has 0 aliphatic carbocycles. The average molecular weight is 494 g/mol. The van der Waals surface area contributed by atoms with Crippen molar-refractivity contribution in [2.75, 3.05) is 25.0 Å². The summed E-state index contributed by atoms with van der Waals surface area (Å²) in [6, 6.07) is 21.0. The van der Waals surface area contributed by atoms with Crippen LogP contribution >= 0.6 is 11.3 Å². The van der Waals surface area contributed by atoms with Crippen molar-refractivity contribution in [3.05, 3.63) is 82.6 Å². The van der Waals surface area contributed by atoms with E-state index in [1.165, 1.54) is 0 Å².